The number of hydrogen-bond donors (Lipinski definition) is 2. The first-order chi connectivity index (χ1) is 8.15. The van der Waals surface area contributed by atoms with Crippen LogP contribution in [0.25, 0.3) is 0 Å². The van der Waals surface area contributed by atoms with Gasteiger partial charge in [-0.25, -0.2) is 0 Å². The minimum atomic E-state index is -0.112. The Hall–Kier alpha value is -0.320. The fourth-order valence-corrected chi connectivity index (χ4v) is 2.77. The van der Waals surface area contributed by atoms with E-state index in [0.29, 0.717) is 6.54 Å². The van der Waals surface area contributed by atoms with Crippen LogP contribution in [0.2, 0.25) is 0 Å². The maximum Gasteiger partial charge on any atom is 0.131 e. The molecule has 0 amide bonds. The molecular weight excluding hydrogens is 282 g/mol. The zero-order valence-corrected chi connectivity index (χ0v) is 11.8. The molecule has 1 heterocycles. The van der Waals surface area contributed by atoms with Crippen LogP contribution in [-0.4, -0.2) is 17.3 Å². The number of furan rings is 1. The van der Waals surface area contributed by atoms with E-state index in [-0.39, 0.29) is 12.1 Å². The number of halogens is 1. The fraction of sp³-hybridized carbons (Fsp3) is 0.692. The zero-order chi connectivity index (χ0) is 12.3. The standard InChI is InChI=1S/C13H20BrNO2/c1-10-2-5-13(9-16,6-3-10)15-8-12-11(14)4-7-17-12/h4,7,10,15-16H,2-3,5-6,8-9H2,1H3. The van der Waals surface area contributed by atoms with Crippen molar-refractivity contribution in [2.45, 2.75) is 44.7 Å². The van der Waals surface area contributed by atoms with Gasteiger partial charge in [0.2, 0.25) is 0 Å². The molecule has 1 aliphatic rings. The molecule has 2 rings (SSSR count). The van der Waals surface area contributed by atoms with Gasteiger partial charge in [0.1, 0.15) is 5.76 Å². The van der Waals surface area contributed by atoms with Crippen molar-refractivity contribution in [3.8, 4) is 0 Å². The Morgan fingerprint density at radius 2 is 2.24 bits per heavy atom. The molecule has 1 saturated carbocycles. The average Bonchev–Trinajstić information content (AvgIpc) is 2.75. The predicted molar refractivity (Wildman–Crippen MR) is 70.7 cm³/mol. The van der Waals surface area contributed by atoms with Crippen LogP contribution in [0, 0.1) is 5.92 Å². The largest absolute Gasteiger partial charge is 0.467 e. The van der Waals surface area contributed by atoms with Crippen molar-refractivity contribution in [2.24, 2.45) is 5.92 Å². The minimum absolute atomic E-state index is 0.112. The van der Waals surface area contributed by atoms with Crippen molar-refractivity contribution in [3.63, 3.8) is 0 Å². The Bertz CT molecular complexity index is 356. The maximum absolute atomic E-state index is 9.62. The van der Waals surface area contributed by atoms with E-state index < -0.39 is 0 Å². The van der Waals surface area contributed by atoms with Gasteiger partial charge >= 0.3 is 0 Å². The van der Waals surface area contributed by atoms with Crippen molar-refractivity contribution in [3.05, 3.63) is 22.6 Å². The van der Waals surface area contributed by atoms with E-state index in [2.05, 4.69) is 28.2 Å². The molecule has 0 radical (unpaired) electrons. The Kier molecular flexibility index (Phi) is 4.28. The first kappa shape index (κ1) is 13.1. The molecule has 1 aliphatic carbocycles. The first-order valence-corrected chi connectivity index (χ1v) is 7.02. The molecule has 0 spiro atoms. The van der Waals surface area contributed by atoms with Crippen LogP contribution >= 0.6 is 15.9 Å². The molecule has 0 aromatic carbocycles. The quantitative estimate of drug-likeness (QED) is 0.898. The SMILES string of the molecule is CC1CCC(CO)(NCc2occc2Br)CC1. The second-order valence-corrected chi connectivity index (χ2v) is 6.02. The van der Waals surface area contributed by atoms with E-state index in [1.54, 1.807) is 6.26 Å². The molecule has 0 bridgehead atoms. The van der Waals surface area contributed by atoms with Crippen LogP contribution in [0.5, 0.6) is 0 Å². The zero-order valence-electron chi connectivity index (χ0n) is 10.2. The van der Waals surface area contributed by atoms with Gasteiger partial charge < -0.3 is 14.8 Å². The van der Waals surface area contributed by atoms with Gasteiger partial charge in [-0.3, -0.25) is 0 Å². The number of nitrogens with one attached hydrogen (secondary N) is 1. The minimum Gasteiger partial charge on any atom is -0.467 e. The second kappa shape index (κ2) is 5.55. The number of hydrogen-bond acceptors (Lipinski definition) is 3. The van der Waals surface area contributed by atoms with Gasteiger partial charge in [0.15, 0.2) is 0 Å². The second-order valence-electron chi connectivity index (χ2n) is 5.17. The fourth-order valence-electron chi connectivity index (χ4n) is 2.42. The third-order valence-electron chi connectivity index (χ3n) is 3.85. The van der Waals surface area contributed by atoms with E-state index in [4.69, 9.17) is 4.42 Å². The van der Waals surface area contributed by atoms with Crippen molar-refractivity contribution < 1.29 is 9.52 Å². The van der Waals surface area contributed by atoms with Crippen LogP contribution in [-0.2, 0) is 6.54 Å². The molecule has 3 nitrogen and oxygen atoms in total. The number of aliphatic hydroxyl groups is 1. The Balaban J connectivity index is 1.94. The van der Waals surface area contributed by atoms with Gasteiger partial charge in [-0.15, -0.1) is 0 Å². The van der Waals surface area contributed by atoms with E-state index >= 15 is 0 Å². The molecule has 1 aromatic rings. The molecule has 0 unspecified atom stereocenters. The number of rotatable bonds is 4. The highest BCUT2D eigenvalue weighted by Crippen LogP contribution is 2.32. The van der Waals surface area contributed by atoms with Crippen LogP contribution < -0.4 is 5.32 Å². The summed E-state index contributed by atoms with van der Waals surface area (Å²) in [5.41, 5.74) is -0.112. The molecule has 2 N–H and O–H groups in total. The predicted octanol–water partition coefficient (Wildman–Crippen LogP) is 3.07. The Labute approximate surface area is 111 Å². The molecule has 0 saturated heterocycles. The van der Waals surface area contributed by atoms with E-state index in [0.717, 1.165) is 29.0 Å². The molecular formula is C13H20BrNO2. The summed E-state index contributed by atoms with van der Waals surface area (Å²) in [4.78, 5) is 0. The summed E-state index contributed by atoms with van der Waals surface area (Å²) in [6, 6.07) is 1.89. The van der Waals surface area contributed by atoms with Gasteiger partial charge in [-0.2, -0.15) is 0 Å². The molecule has 4 heteroatoms. The first-order valence-electron chi connectivity index (χ1n) is 6.23. The Morgan fingerprint density at radius 1 is 1.53 bits per heavy atom. The third kappa shape index (κ3) is 3.12. The molecule has 17 heavy (non-hydrogen) atoms. The van der Waals surface area contributed by atoms with Crippen molar-refractivity contribution in [2.75, 3.05) is 6.61 Å². The van der Waals surface area contributed by atoms with Crippen molar-refractivity contribution in [1.82, 2.24) is 5.32 Å². The van der Waals surface area contributed by atoms with Crippen molar-refractivity contribution >= 4 is 15.9 Å². The van der Waals surface area contributed by atoms with Crippen LogP contribution in [0.1, 0.15) is 38.4 Å². The van der Waals surface area contributed by atoms with Crippen molar-refractivity contribution in [1.29, 1.82) is 0 Å². The summed E-state index contributed by atoms with van der Waals surface area (Å²) < 4.78 is 6.36. The average molecular weight is 302 g/mol. The van der Waals surface area contributed by atoms with Crippen LogP contribution in [0.15, 0.2) is 21.2 Å². The molecule has 1 fully saturated rings. The molecule has 0 atom stereocenters. The van der Waals surface area contributed by atoms with Crippen LogP contribution in [0.3, 0.4) is 0 Å². The Morgan fingerprint density at radius 3 is 2.76 bits per heavy atom. The summed E-state index contributed by atoms with van der Waals surface area (Å²) in [6.45, 7) is 3.16. The molecule has 1 aromatic heterocycles. The third-order valence-corrected chi connectivity index (χ3v) is 4.56. The lowest BCUT2D eigenvalue weighted by molar-refractivity contribution is 0.102. The highest BCUT2D eigenvalue weighted by Gasteiger charge is 2.33. The van der Waals surface area contributed by atoms with Gasteiger partial charge in [0.25, 0.3) is 0 Å². The molecule has 0 aliphatic heterocycles. The summed E-state index contributed by atoms with van der Waals surface area (Å²) in [5.74, 6) is 1.68. The molecule has 96 valence electrons. The van der Waals surface area contributed by atoms with Gasteiger partial charge in [-0.05, 0) is 53.6 Å². The van der Waals surface area contributed by atoms with E-state index in [9.17, 15) is 5.11 Å². The highest BCUT2D eigenvalue weighted by atomic mass is 79.9. The summed E-state index contributed by atoms with van der Waals surface area (Å²) in [5, 5.41) is 13.1. The topological polar surface area (TPSA) is 45.4 Å². The van der Waals surface area contributed by atoms with Gasteiger partial charge in [-0.1, -0.05) is 6.92 Å². The highest BCUT2D eigenvalue weighted by molar-refractivity contribution is 9.10. The summed E-state index contributed by atoms with van der Waals surface area (Å²) in [7, 11) is 0. The lowest BCUT2D eigenvalue weighted by Gasteiger charge is -2.38. The summed E-state index contributed by atoms with van der Waals surface area (Å²) >= 11 is 3.44. The smallest absolute Gasteiger partial charge is 0.131 e. The van der Waals surface area contributed by atoms with E-state index in [1.807, 2.05) is 6.07 Å². The van der Waals surface area contributed by atoms with Gasteiger partial charge in [0.05, 0.1) is 23.9 Å². The maximum atomic E-state index is 9.62. The summed E-state index contributed by atoms with van der Waals surface area (Å²) in [6.07, 6.45) is 6.14. The number of aliphatic hydroxyl groups excluding tert-OH is 1. The van der Waals surface area contributed by atoms with E-state index in [1.165, 1.54) is 12.8 Å². The lowest BCUT2D eigenvalue weighted by atomic mass is 9.77. The normalized spacial score (nSPS) is 29.5. The van der Waals surface area contributed by atoms with Crippen LogP contribution in [0.4, 0.5) is 0 Å². The van der Waals surface area contributed by atoms with Gasteiger partial charge in [0, 0.05) is 5.54 Å². The lowest BCUT2D eigenvalue weighted by Crippen LogP contribution is -2.50. The monoisotopic (exact) mass is 301 g/mol.